The number of fused-ring (bicyclic) bond motifs is 2. The highest BCUT2D eigenvalue weighted by molar-refractivity contribution is 6.00. The predicted octanol–water partition coefficient (Wildman–Crippen LogP) is 3.69. The maximum Gasteiger partial charge on any atom is 0.338 e. The number of nitrogens with zero attached hydrogens (tertiary/aromatic N) is 1. The number of hydrogen-bond donors (Lipinski definition) is 0. The zero-order valence-corrected chi connectivity index (χ0v) is 18.4. The highest BCUT2D eigenvalue weighted by Gasteiger charge is 2.20. The molecule has 0 spiro atoms. The molecule has 8 heteroatoms. The van der Waals surface area contributed by atoms with Crippen LogP contribution < -0.4 is 18.9 Å². The molecule has 2 aliphatic rings. The average Bonchev–Trinajstić information content (AvgIpc) is 3.41. The molecule has 2 aliphatic heterocycles. The minimum atomic E-state index is -0.588. The van der Waals surface area contributed by atoms with Crippen LogP contribution in [0, 0.1) is 13.8 Å². The van der Waals surface area contributed by atoms with Crippen LogP contribution in [-0.4, -0.2) is 42.9 Å². The van der Waals surface area contributed by atoms with E-state index in [1.807, 2.05) is 42.7 Å². The van der Waals surface area contributed by atoms with Crippen molar-refractivity contribution in [3.05, 3.63) is 70.5 Å². The summed E-state index contributed by atoms with van der Waals surface area (Å²) in [5.74, 6) is 1.69. The van der Waals surface area contributed by atoms with E-state index in [-0.39, 0.29) is 19.2 Å². The summed E-state index contributed by atoms with van der Waals surface area (Å²) in [7, 11) is 0. The number of ether oxygens (including phenoxy) is 5. The molecule has 0 saturated heterocycles. The van der Waals surface area contributed by atoms with Crippen molar-refractivity contribution in [3.63, 3.8) is 0 Å². The molecule has 8 nitrogen and oxygen atoms in total. The van der Waals surface area contributed by atoms with Gasteiger partial charge in [-0.2, -0.15) is 0 Å². The van der Waals surface area contributed by atoms with E-state index < -0.39 is 5.97 Å². The molecule has 3 heterocycles. The number of aryl methyl sites for hydroxylation is 1. The second kappa shape index (κ2) is 8.54. The lowest BCUT2D eigenvalue weighted by Gasteiger charge is -2.18. The maximum atomic E-state index is 12.8. The van der Waals surface area contributed by atoms with Crippen molar-refractivity contribution in [2.45, 2.75) is 20.4 Å². The third kappa shape index (κ3) is 4.11. The Labute approximate surface area is 190 Å². The van der Waals surface area contributed by atoms with Crippen molar-refractivity contribution in [3.8, 4) is 23.0 Å². The quantitative estimate of drug-likeness (QED) is 0.419. The fraction of sp³-hybridized carbons (Fsp3) is 0.280. The van der Waals surface area contributed by atoms with Gasteiger partial charge in [-0.05, 0) is 55.8 Å². The Hall–Kier alpha value is -3.94. The molecule has 0 atom stereocenters. The van der Waals surface area contributed by atoms with Crippen molar-refractivity contribution >= 4 is 11.8 Å². The molecule has 0 amide bonds. The van der Waals surface area contributed by atoms with Gasteiger partial charge in [-0.1, -0.05) is 6.07 Å². The Morgan fingerprint density at radius 1 is 0.879 bits per heavy atom. The van der Waals surface area contributed by atoms with Crippen molar-refractivity contribution in [1.82, 2.24) is 4.57 Å². The summed E-state index contributed by atoms with van der Waals surface area (Å²) in [5.41, 5.74) is 3.62. The molecule has 0 aliphatic carbocycles. The van der Waals surface area contributed by atoms with E-state index >= 15 is 0 Å². The summed E-state index contributed by atoms with van der Waals surface area (Å²) in [5, 5.41) is 0. The molecule has 33 heavy (non-hydrogen) atoms. The van der Waals surface area contributed by atoms with Gasteiger partial charge in [0.1, 0.15) is 13.2 Å². The molecule has 2 aromatic carbocycles. The summed E-state index contributed by atoms with van der Waals surface area (Å²) in [6, 6.07) is 12.4. The molecule has 0 radical (unpaired) electrons. The molecule has 0 bridgehead atoms. The number of hydrogen-bond acceptors (Lipinski definition) is 7. The van der Waals surface area contributed by atoms with E-state index in [9.17, 15) is 9.59 Å². The minimum Gasteiger partial charge on any atom is -0.486 e. The van der Waals surface area contributed by atoms with E-state index in [1.54, 1.807) is 18.2 Å². The third-order valence-corrected chi connectivity index (χ3v) is 5.76. The van der Waals surface area contributed by atoms with Gasteiger partial charge in [0, 0.05) is 23.5 Å². The lowest BCUT2D eigenvalue weighted by Crippen LogP contribution is -2.17. The first-order valence-electron chi connectivity index (χ1n) is 10.6. The van der Waals surface area contributed by atoms with Crippen LogP contribution in [0.15, 0.2) is 42.5 Å². The highest BCUT2D eigenvalue weighted by atomic mass is 16.7. The SMILES string of the molecule is Cc1cc(C(=O)COC(=O)c2ccc3c(c2)OCCO3)c(C)n1Cc1ccc2c(c1)OCO2. The molecule has 0 fully saturated rings. The van der Waals surface area contributed by atoms with Crippen LogP contribution in [0.3, 0.4) is 0 Å². The first-order valence-corrected chi connectivity index (χ1v) is 10.6. The Bertz CT molecular complexity index is 1240. The summed E-state index contributed by atoms with van der Waals surface area (Å²) in [6.07, 6.45) is 0. The van der Waals surface area contributed by atoms with Crippen LogP contribution in [0.4, 0.5) is 0 Å². The van der Waals surface area contributed by atoms with E-state index in [4.69, 9.17) is 23.7 Å². The highest BCUT2D eigenvalue weighted by Crippen LogP contribution is 2.33. The molecular formula is C25H23NO7. The van der Waals surface area contributed by atoms with E-state index in [0.29, 0.717) is 42.4 Å². The summed E-state index contributed by atoms with van der Waals surface area (Å²) < 4.78 is 29.1. The number of carbonyl (C=O) groups excluding carboxylic acids is 2. The maximum absolute atomic E-state index is 12.8. The summed E-state index contributed by atoms with van der Waals surface area (Å²) >= 11 is 0. The number of ketones is 1. The van der Waals surface area contributed by atoms with Gasteiger partial charge in [0.15, 0.2) is 29.6 Å². The zero-order valence-electron chi connectivity index (χ0n) is 18.4. The van der Waals surface area contributed by atoms with Crippen molar-refractivity contribution < 1.29 is 33.3 Å². The summed E-state index contributed by atoms with van der Waals surface area (Å²) in [6.45, 7) is 5.18. The van der Waals surface area contributed by atoms with Gasteiger partial charge < -0.3 is 28.3 Å². The molecule has 0 saturated carbocycles. The number of esters is 1. The first kappa shape index (κ1) is 20.9. The van der Waals surface area contributed by atoms with Gasteiger partial charge in [-0.3, -0.25) is 4.79 Å². The van der Waals surface area contributed by atoms with Gasteiger partial charge in [0.25, 0.3) is 0 Å². The van der Waals surface area contributed by atoms with Gasteiger partial charge >= 0.3 is 5.97 Å². The van der Waals surface area contributed by atoms with E-state index in [1.165, 1.54) is 0 Å². The molecule has 5 rings (SSSR count). The van der Waals surface area contributed by atoms with Crippen LogP contribution in [0.5, 0.6) is 23.0 Å². The molecule has 0 N–H and O–H groups in total. The zero-order chi connectivity index (χ0) is 22.9. The summed E-state index contributed by atoms with van der Waals surface area (Å²) in [4.78, 5) is 25.3. The Kier molecular flexibility index (Phi) is 5.42. The Balaban J connectivity index is 1.26. The average molecular weight is 449 g/mol. The Morgan fingerprint density at radius 2 is 1.58 bits per heavy atom. The Morgan fingerprint density at radius 3 is 2.42 bits per heavy atom. The van der Waals surface area contributed by atoms with Gasteiger partial charge in [-0.15, -0.1) is 0 Å². The number of benzene rings is 2. The van der Waals surface area contributed by atoms with Gasteiger partial charge in [0.05, 0.1) is 5.56 Å². The largest absolute Gasteiger partial charge is 0.486 e. The lowest BCUT2D eigenvalue weighted by atomic mass is 10.1. The molecule has 1 aromatic heterocycles. The third-order valence-electron chi connectivity index (χ3n) is 5.76. The van der Waals surface area contributed by atoms with Gasteiger partial charge in [-0.25, -0.2) is 4.79 Å². The van der Waals surface area contributed by atoms with Crippen molar-refractivity contribution in [1.29, 1.82) is 0 Å². The van der Waals surface area contributed by atoms with Crippen molar-refractivity contribution in [2.24, 2.45) is 0 Å². The smallest absolute Gasteiger partial charge is 0.338 e. The van der Waals surface area contributed by atoms with Crippen LogP contribution >= 0.6 is 0 Å². The fourth-order valence-electron chi connectivity index (χ4n) is 4.01. The van der Waals surface area contributed by atoms with Crippen LogP contribution in [0.2, 0.25) is 0 Å². The van der Waals surface area contributed by atoms with E-state index in [2.05, 4.69) is 0 Å². The minimum absolute atomic E-state index is 0.226. The molecular weight excluding hydrogens is 426 g/mol. The monoisotopic (exact) mass is 449 g/mol. The molecule has 170 valence electrons. The lowest BCUT2D eigenvalue weighted by molar-refractivity contribution is 0.0473. The fourth-order valence-corrected chi connectivity index (χ4v) is 4.01. The van der Waals surface area contributed by atoms with Crippen LogP contribution in [0.25, 0.3) is 0 Å². The number of rotatable bonds is 6. The number of carbonyl (C=O) groups is 2. The second-order valence-corrected chi connectivity index (χ2v) is 7.92. The topological polar surface area (TPSA) is 85.2 Å². The number of Topliss-reactive ketones (excluding diaryl/α,β-unsaturated/α-hetero) is 1. The van der Waals surface area contributed by atoms with Gasteiger partial charge in [0.2, 0.25) is 12.6 Å². The second-order valence-electron chi connectivity index (χ2n) is 7.92. The van der Waals surface area contributed by atoms with Crippen LogP contribution in [-0.2, 0) is 11.3 Å². The first-order chi connectivity index (χ1) is 16.0. The van der Waals surface area contributed by atoms with Crippen molar-refractivity contribution in [2.75, 3.05) is 26.6 Å². The predicted molar refractivity (Wildman–Crippen MR) is 118 cm³/mol. The molecule has 3 aromatic rings. The molecule has 0 unspecified atom stereocenters. The van der Waals surface area contributed by atoms with E-state index in [0.717, 1.165) is 28.5 Å². The standard InChI is InChI=1S/C25H23NO7/c1-15-9-19(16(2)26(15)12-17-3-5-22-23(10-17)33-14-32-22)20(27)13-31-25(28)18-4-6-21-24(11-18)30-8-7-29-21/h3-6,9-11H,7-8,12-14H2,1-2H3. The van der Waals surface area contributed by atoms with Crippen LogP contribution in [0.1, 0.15) is 37.7 Å². The normalized spacial score (nSPS) is 13.6. The number of aromatic nitrogens is 1.